The highest BCUT2D eigenvalue weighted by Crippen LogP contribution is 2.45. The van der Waals surface area contributed by atoms with E-state index in [1.807, 2.05) is 85.0 Å². The Morgan fingerprint density at radius 3 is 2.10 bits per heavy atom. The van der Waals surface area contributed by atoms with Gasteiger partial charge in [0.1, 0.15) is 5.76 Å². The molecule has 0 spiro atoms. The summed E-state index contributed by atoms with van der Waals surface area (Å²) in [5.74, 6) is 0.593. The van der Waals surface area contributed by atoms with Crippen LogP contribution >= 0.6 is 0 Å². The number of para-hydroxylation sites is 1. The summed E-state index contributed by atoms with van der Waals surface area (Å²) in [4.78, 5) is 3.56. The van der Waals surface area contributed by atoms with Crippen LogP contribution in [0.4, 0.5) is 0 Å². The Labute approximate surface area is 246 Å². The normalized spacial score (nSPS) is 15.5. The molecule has 0 unspecified atom stereocenters. The van der Waals surface area contributed by atoms with Crippen molar-refractivity contribution in [3.8, 4) is 11.8 Å². The van der Waals surface area contributed by atoms with Gasteiger partial charge in [-0.15, -0.1) is 0 Å². The number of allylic oxidation sites excluding steroid dienone is 3. The van der Waals surface area contributed by atoms with Crippen LogP contribution in [0.15, 0.2) is 138 Å². The number of nitriles is 1. The summed E-state index contributed by atoms with van der Waals surface area (Å²) in [7, 11) is 0. The zero-order valence-electron chi connectivity index (χ0n) is 23.6. The molecule has 5 aromatic rings. The second kappa shape index (κ2) is 11.1. The Morgan fingerprint density at radius 1 is 0.881 bits per heavy atom. The van der Waals surface area contributed by atoms with Crippen molar-refractivity contribution in [3.63, 3.8) is 0 Å². The van der Waals surface area contributed by atoms with E-state index in [-0.39, 0.29) is 5.70 Å². The van der Waals surface area contributed by atoms with Gasteiger partial charge >= 0.3 is 0 Å². The van der Waals surface area contributed by atoms with Crippen LogP contribution in [0.5, 0.6) is 0 Å². The van der Waals surface area contributed by atoms with Crippen LogP contribution in [0.25, 0.3) is 27.5 Å². The summed E-state index contributed by atoms with van der Waals surface area (Å²) >= 11 is 0. The summed E-state index contributed by atoms with van der Waals surface area (Å²) in [6.45, 7) is 12.0. The van der Waals surface area contributed by atoms with Gasteiger partial charge in [-0.05, 0) is 67.0 Å². The maximum atomic E-state index is 9.81. The van der Waals surface area contributed by atoms with Gasteiger partial charge in [0, 0.05) is 34.3 Å². The summed E-state index contributed by atoms with van der Waals surface area (Å²) in [6, 6.07) is 39.0. The van der Waals surface area contributed by atoms with Gasteiger partial charge < -0.3 is 9.30 Å². The number of aromatic nitrogens is 1. The monoisotopic (exact) mass is 543 g/mol. The van der Waals surface area contributed by atoms with Crippen LogP contribution in [0, 0.1) is 31.8 Å². The van der Waals surface area contributed by atoms with Crippen LogP contribution in [-0.4, -0.2) is 4.57 Å². The maximum absolute atomic E-state index is 9.81. The topological polar surface area (TPSA) is 42.3 Å². The average Bonchev–Trinajstić information content (AvgIpc) is 3.30. The number of benzene rings is 4. The maximum Gasteiger partial charge on any atom is 0.265 e. The summed E-state index contributed by atoms with van der Waals surface area (Å²) in [5.41, 5.74) is 7.57. The molecule has 0 N–H and O–H groups in total. The van der Waals surface area contributed by atoms with Crippen LogP contribution < -0.4 is 0 Å². The molecule has 0 saturated heterocycles. The van der Waals surface area contributed by atoms with Crippen molar-refractivity contribution in [2.45, 2.75) is 25.9 Å². The fourth-order valence-electron chi connectivity index (χ4n) is 5.85. The van der Waals surface area contributed by atoms with E-state index in [0.717, 1.165) is 27.9 Å². The van der Waals surface area contributed by atoms with Gasteiger partial charge in [-0.25, -0.2) is 10.1 Å². The molecular formula is C38H29N3O. The van der Waals surface area contributed by atoms with Crippen molar-refractivity contribution < 1.29 is 4.74 Å². The van der Waals surface area contributed by atoms with Gasteiger partial charge in [-0.3, -0.25) is 0 Å². The molecule has 0 bridgehead atoms. The van der Waals surface area contributed by atoms with Crippen molar-refractivity contribution in [1.29, 1.82) is 5.26 Å². The Bertz CT molecular complexity index is 1890. The first-order chi connectivity index (χ1) is 20.5. The molecule has 0 aliphatic carbocycles. The van der Waals surface area contributed by atoms with E-state index in [9.17, 15) is 5.26 Å². The molecule has 0 radical (unpaired) electrons. The lowest BCUT2D eigenvalue weighted by Crippen LogP contribution is -2.34. The van der Waals surface area contributed by atoms with Crippen LogP contribution in [0.2, 0.25) is 0 Å². The van der Waals surface area contributed by atoms with E-state index in [1.165, 1.54) is 16.6 Å². The van der Waals surface area contributed by atoms with Crippen molar-refractivity contribution in [2.24, 2.45) is 0 Å². The van der Waals surface area contributed by atoms with Gasteiger partial charge in [-0.2, -0.15) is 0 Å². The molecular weight excluding hydrogens is 514 g/mol. The molecule has 202 valence electrons. The lowest BCUT2D eigenvalue weighted by Gasteiger charge is -2.39. The lowest BCUT2D eigenvalue weighted by atomic mass is 9.79. The molecule has 1 aliphatic heterocycles. The summed E-state index contributed by atoms with van der Waals surface area (Å²) < 4.78 is 9.15. The fraction of sp³-hybridized carbons (Fsp3) is 0.105. The molecule has 6 rings (SSSR count). The number of hydrogen-bond donors (Lipinski definition) is 0. The van der Waals surface area contributed by atoms with Crippen LogP contribution in [0.3, 0.4) is 0 Å². The lowest BCUT2D eigenvalue weighted by molar-refractivity contribution is 0.0348. The van der Waals surface area contributed by atoms with Crippen LogP contribution in [0.1, 0.15) is 34.4 Å². The minimum absolute atomic E-state index is 0.0789. The Balaban J connectivity index is 1.45. The molecule has 1 aliphatic rings. The summed E-state index contributed by atoms with van der Waals surface area (Å²) in [5, 5.41) is 11.0. The van der Waals surface area contributed by atoms with Gasteiger partial charge in [0.2, 0.25) is 0 Å². The van der Waals surface area contributed by atoms with Gasteiger partial charge in [-0.1, -0.05) is 91.0 Å². The predicted molar refractivity (Wildman–Crippen MR) is 168 cm³/mol. The van der Waals surface area contributed by atoms with E-state index in [4.69, 9.17) is 11.3 Å². The summed E-state index contributed by atoms with van der Waals surface area (Å²) in [6.07, 6.45) is 6.18. The SMILES string of the molecule is [C-]#[N+]/C(C#N)=C1C=C(/C=C/c2ccc3c(c2)c(C)c(C)n3-c2ccccc2)OC(c2ccccc2)(c2ccccc2)C/1. The number of hydrogen-bond acceptors (Lipinski definition) is 2. The smallest absolute Gasteiger partial charge is 0.265 e. The molecule has 4 nitrogen and oxygen atoms in total. The van der Waals surface area contributed by atoms with E-state index < -0.39 is 5.60 Å². The van der Waals surface area contributed by atoms with E-state index >= 15 is 0 Å². The van der Waals surface area contributed by atoms with E-state index in [0.29, 0.717) is 17.8 Å². The number of rotatable bonds is 5. The molecule has 0 fully saturated rings. The number of ether oxygens (including phenoxy) is 1. The quantitative estimate of drug-likeness (QED) is 0.164. The number of nitrogens with zero attached hydrogens (tertiary/aromatic N) is 3. The molecule has 2 heterocycles. The van der Waals surface area contributed by atoms with Gasteiger partial charge in [0.25, 0.3) is 5.70 Å². The third-order valence-electron chi connectivity index (χ3n) is 8.05. The fourth-order valence-corrected chi connectivity index (χ4v) is 5.85. The van der Waals surface area contributed by atoms with Gasteiger partial charge in [0.15, 0.2) is 5.60 Å². The highest BCUT2D eigenvalue weighted by Gasteiger charge is 2.40. The van der Waals surface area contributed by atoms with Crippen molar-refractivity contribution in [3.05, 3.63) is 178 Å². The van der Waals surface area contributed by atoms with Crippen molar-refractivity contribution in [2.75, 3.05) is 0 Å². The second-order valence-corrected chi connectivity index (χ2v) is 10.5. The number of fused-ring (bicyclic) bond motifs is 1. The third kappa shape index (κ3) is 4.70. The van der Waals surface area contributed by atoms with Crippen LogP contribution in [-0.2, 0) is 10.3 Å². The van der Waals surface area contributed by atoms with Crippen molar-refractivity contribution >= 4 is 17.0 Å². The molecule has 4 heteroatoms. The Hall–Kier alpha value is -5.58. The standard InChI is InChI=1S/C38H29N3O/c1-27-28(2)41(33-17-11-6-12-18-33)37-22-20-29(23-35(27)37)19-21-34-24-30(36(26-39)40-3)25-38(42-34,31-13-7-4-8-14-31)32-15-9-5-10-16-32/h4-24H,25H2,1-2H3/b21-19+,36-30-. The molecule has 1 aromatic heterocycles. The third-order valence-corrected chi connectivity index (χ3v) is 8.05. The largest absolute Gasteiger partial charge is 0.478 e. The minimum Gasteiger partial charge on any atom is -0.478 e. The molecule has 0 amide bonds. The van der Waals surface area contributed by atoms with E-state index in [1.54, 1.807) is 0 Å². The Morgan fingerprint density at radius 2 is 1.50 bits per heavy atom. The molecule has 0 atom stereocenters. The molecule has 0 saturated carbocycles. The first-order valence-electron chi connectivity index (χ1n) is 13.9. The van der Waals surface area contributed by atoms with Crippen molar-refractivity contribution in [1.82, 2.24) is 4.57 Å². The predicted octanol–water partition coefficient (Wildman–Crippen LogP) is 9.21. The second-order valence-electron chi connectivity index (χ2n) is 10.5. The highest BCUT2D eigenvalue weighted by atomic mass is 16.5. The first kappa shape index (κ1) is 26.6. The van der Waals surface area contributed by atoms with E-state index in [2.05, 4.69) is 71.8 Å². The average molecular weight is 544 g/mol. The molecule has 42 heavy (non-hydrogen) atoms. The minimum atomic E-state index is -0.885. The highest BCUT2D eigenvalue weighted by molar-refractivity contribution is 5.89. The zero-order valence-corrected chi connectivity index (χ0v) is 23.6. The zero-order chi connectivity index (χ0) is 29.1. The van der Waals surface area contributed by atoms with Gasteiger partial charge in [0.05, 0.1) is 18.2 Å². The first-order valence-corrected chi connectivity index (χ1v) is 13.9. The number of aryl methyl sites for hydroxylation is 1. The Kier molecular flexibility index (Phi) is 7.05. The molecule has 4 aromatic carbocycles.